The molecule has 0 aliphatic rings. The Morgan fingerprint density at radius 2 is 1.76 bits per heavy atom. The first-order valence-corrected chi connectivity index (χ1v) is 5.61. The van der Waals surface area contributed by atoms with Crippen LogP contribution in [0.5, 0.6) is 0 Å². The largest absolute Gasteiger partial charge is 0.480 e. The van der Waals surface area contributed by atoms with E-state index in [1.807, 2.05) is 62.1 Å². The fourth-order valence-corrected chi connectivity index (χ4v) is 1.66. The van der Waals surface area contributed by atoms with Gasteiger partial charge in [-0.1, -0.05) is 12.1 Å². The zero-order valence-electron chi connectivity index (χ0n) is 10.8. The summed E-state index contributed by atoms with van der Waals surface area (Å²) in [7, 11) is 5.81. The number of hydrogen-bond donors (Lipinski definition) is 1. The lowest BCUT2D eigenvalue weighted by atomic mass is 10.1. The Morgan fingerprint density at radius 1 is 1.24 bits per heavy atom. The Bertz CT molecular complexity index is 374. The minimum atomic E-state index is -0.802. The lowest BCUT2D eigenvalue weighted by Crippen LogP contribution is -2.28. The van der Waals surface area contributed by atoms with E-state index >= 15 is 0 Å². The molecule has 1 aromatic rings. The summed E-state index contributed by atoms with van der Waals surface area (Å²) in [5.74, 6) is -0.802. The summed E-state index contributed by atoms with van der Waals surface area (Å²) in [6.45, 7) is 2.06. The molecule has 1 atom stereocenters. The van der Waals surface area contributed by atoms with Crippen molar-refractivity contribution in [3.63, 3.8) is 0 Å². The molecule has 94 valence electrons. The molecule has 17 heavy (non-hydrogen) atoms. The van der Waals surface area contributed by atoms with Crippen LogP contribution in [-0.2, 0) is 4.79 Å². The van der Waals surface area contributed by atoms with E-state index in [0.29, 0.717) is 0 Å². The van der Waals surface area contributed by atoms with Gasteiger partial charge in [0.25, 0.3) is 0 Å². The van der Waals surface area contributed by atoms with Gasteiger partial charge in [0.2, 0.25) is 0 Å². The van der Waals surface area contributed by atoms with Crippen molar-refractivity contribution in [2.75, 3.05) is 32.6 Å². The molecule has 0 aromatic heterocycles. The summed E-state index contributed by atoms with van der Waals surface area (Å²) in [5, 5.41) is 8.75. The maximum absolute atomic E-state index is 10.6. The monoisotopic (exact) mass is 236 g/mol. The molecule has 0 fully saturated rings. The van der Waals surface area contributed by atoms with Crippen LogP contribution < -0.4 is 4.90 Å². The van der Waals surface area contributed by atoms with Crippen molar-refractivity contribution in [3.8, 4) is 0 Å². The van der Waals surface area contributed by atoms with E-state index in [0.717, 1.165) is 11.3 Å². The molecule has 0 aliphatic carbocycles. The van der Waals surface area contributed by atoms with E-state index in [1.54, 1.807) is 0 Å². The van der Waals surface area contributed by atoms with E-state index in [1.165, 1.54) is 0 Å². The quantitative estimate of drug-likeness (QED) is 0.847. The molecular weight excluding hydrogens is 216 g/mol. The first-order chi connectivity index (χ1) is 7.91. The number of carbonyl (C=O) groups is 1. The number of carboxylic acid groups (broad SMARTS) is 1. The van der Waals surface area contributed by atoms with Crippen molar-refractivity contribution in [1.29, 1.82) is 0 Å². The van der Waals surface area contributed by atoms with Crippen molar-refractivity contribution in [1.82, 2.24) is 4.90 Å². The van der Waals surface area contributed by atoms with Crippen LogP contribution >= 0.6 is 0 Å². The van der Waals surface area contributed by atoms with E-state index in [4.69, 9.17) is 5.11 Å². The summed E-state index contributed by atoms with van der Waals surface area (Å²) in [4.78, 5) is 14.5. The second-order valence-corrected chi connectivity index (χ2v) is 4.47. The van der Waals surface area contributed by atoms with Crippen molar-refractivity contribution < 1.29 is 9.90 Å². The van der Waals surface area contributed by atoms with E-state index in [9.17, 15) is 4.79 Å². The molecule has 0 bridgehead atoms. The molecule has 0 aliphatic heterocycles. The molecule has 4 nitrogen and oxygen atoms in total. The van der Waals surface area contributed by atoms with Crippen LogP contribution in [-0.4, -0.2) is 43.7 Å². The number of benzene rings is 1. The van der Waals surface area contributed by atoms with Crippen LogP contribution in [0.25, 0.3) is 0 Å². The van der Waals surface area contributed by atoms with Gasteiger partial charge in [0.15, 0.2) is 0 Å². The number of hydrogen-bond acceptors (Lipinski definition) is 3. The maximum Gasteiger partial charge on any atom is 0.317 e. The fraction of sp³-hybridized carbons (Fsp3) is 0.462. The van der Waals surface area contributed by atoms with Gasteiger partial charge >= 0.3 is 5.97 Å². The Morgan fingerprint density at radius 3 is 2.18 bits per heavy atom. The topological polar surface area (TPSA) is 43.8 Å². The zero-order valence-corrected chi connectivity index (χ0v) is 10.8. The third-order valence-electron chi connectivity index (χ3n) is 2.94. The molecule has 0 amide bonds. The molecule has 1 rings (SSSR count). The summed E-state index contributed by atoms with van der Waals surface area (Å²) >= 11 is 0. The van der Waals surface area contributed by atoms with Crippen LogP contribution in [0, 0.1) is 0 Å². The number of nitrogens with zero attached hydrogens (tertiary/aromatic N) is 2. The summed E-state index contributed by atoms with van der Waals surface area (Å²) in [5.41, 5.74) is 2.26. The van der Waals surface area contributed by atoms with Crippen LogP contribution in [0.4, 0.5) is 5.69 Å². The number of likely N-dealkylation sites (N-methyl/N-ethyl adjacent to an activating group) is 1. The Hall–Kier alpha value is -1.55. The average molecular weight is 236 g/mol. The van der Waals surface area contributed by atoms with E-state index in [-0.39, 0.29) is 12.6 Å². The summed E-state index contributed by atoms with van der Waals surface area (Å²) in [6.07, 6.45) is 0. The van der Waals surface area contributed by atoms with Crippen LogP contribution in [0.15, 0.2) is 24.3 Å². The lowest BCUT2D eigenvalue weighted by molar-refractivity contribution is -0.138. The first-order valence-electron chi connectivity index (χ1n) is 5.61. The highest BCUT2D eigenvalue weighted by molar-refractivity contribution is 5.69. The minimum Gasteiger partial charge on any atom is -0.480 e. The van der Waals surface area contributed by atoms with Gasteiger partial charge in [0.1, 0.15) is 0 Å². The zero-order chi connectivity index (χ0) is 13.0. The van der Waals surface area contributed by atoms with Gasteiger partial charge in [-0.2, -0.15) is 0 Å². The fourth-order valence-electron chi connectivity index (χ4n) is 1.66. The predicted octanol–water partition coefficient (Wildman–Crippen LogP) is 1.83. The maximum atomic E-state index is 10.6. The molecule has 0 radical (unpaired) electrons. The van der Waals surface area contributed by atoms with Crippen LogP contribution in [0.2, 0.25) is 0 Å². The highest BCUT2D eigenvalue weighted by Crippen LogP contribution is 2.21. The summed E-state index contributed by atoms with van der Waals surface area (Å²) < 4.78 is 0. The SMILES string of the molecule is CC(c1ccc(N(C)C)cc1)N(C)CC(=O)O. The second kappa shape index (κ2) is 5.68. The van der Waals surface area contributed by atoms with Gasteiger partial charge < -0.3 is 10.0 Å². The van der Waals surface area contributed by atoms with Crippen molar-refractivity contribution in [2.45, 2.75) is 13.0 Å². The number of aliphatic carboxylic acids is 1. The molecule has 0 heterocycles. The van der Waals surface area contributed by atoms with Gasteiger partial charge in [0.05, 0.1) is 6.54 Å². The third-order valence-corrected chi connectivity index (χ3v) is 2.94. The Balaban J connectivity index is 2.75. The molecule has 4 heteroatoms. The number of anilines is 1. The van der Waals surface area contributed by atoms with Gasteiger partial charge in [-0.05, 0) is 31.7 Å². The molecular formula is C13H20N2O2. The molecule has 1 aromatic carbocycles. The average Bonchev–Trinajstić information content (AvgIpc) is 2.27. The molecule has 0 spiro atoms. The Labute approximate surface area is 102 Å². The van der Waals surface area contributed by atoms with E-state index in [2.05, 4.69) is 0 Å². The summed E-state index contributed by atoms with van der Waals surface area (Å²) in [6, 6.07) is 8.26. The van der Waals surface area contributed by atoms with Crippen molar-refractivity contribution in [2.24, 2.45) is 0 Å². The Kier molecular flexibility index (Phi) is 4.52. The molecule has 0 saturated heterocycles. The van der Waals surface area contributed by atoms with Crippen LogP contribution in [0.3, 0.4) is 0 Å². The molecule has 0 saturated carbocycles. The smallest absolute Gasteiger partial charge is 0.317 e. The van der Waals surface area contributed by atoms with Gasteiger partial charge in [0, 0.05) is 25.8 Å². The lowest BCUT2D eigenvalue weighted by Gasteiger charge is -2.23. The standard InChI is InChI=1S/C13H20N2O2/c1-10(15(4)9-13(16)17)11-5-7-12(8-6-11)14(2)3/h5-8,10H,9H2,1-4H3,(H,16,17). The first kappa shape index (κ1) is 13.5. The number of rotatable bonds is 5. The van der Waals surface area contributed by atoms with Crippen molar-refractivity contribution >= 4 is 11.7 Å². The molecule has 1 N–H and O–H groups in total. The molecule has 1 unspecified atom stereocenters. The van der Waals surface area contributed by atoms with Gasteiger partial charge in [-0.3, -0.25) is 9.69 Å². The highest BCUT2D eigenvalue weighted by Gasteiger charge is 2.14. The second-order valence-electron chi connectivity index (χ2n) is 4.47. The van der Waals surface area contributed by atoms with Crippen LogP contribution in [0.1, 0.15) is 18.5 Å². The highest BCUT2D eigenvalue weighted by atomic mass is 16.4. The van der Waals surface area contributed by atoms with Crippen molar-refractivity contribution in [3.05, 3.63) is 29.8 Å². The minimum absolute atomic E-state index is 0.0522. The van der Waals surface area contributed by atoms with E-state index < -0.39 is 5.97 Å². The van der Waals surface area contributed by atoms with Gasteiger partial charge in [-0.15, -0.1) is 0 Å². The normalized spacial score (nSPS) is 12.5. The van der Waals surface area contributed by atoms with Gasteiger partial charge in [-0.25, -0.2) is 0 Å². The third kappa shape index (κ3) is 3.75. The number of carboxylic acids is 1. The predicted molar refractivity (Wildman–Crippen MR) is 69.4 cm³/mol.